The molecule has 0 unspecified atom stereocenters. The van der Waals surface area contributed by atoms with Gasteiger partial charge in [0, 0.05) is 27.9 Å². The Labute approximate surface area is 345 Å². The minimum Gasteiger partial charge on any atom is -0.478 e. The molecule has 284 valence electrons. The summed E-state index contributed by atoms with van der Waals surface area (Å²) in [5.41, 5.74) is 12.6. The fraction of sp³-hybridized carbons (Fsp3) is 0. The van der Waals surface area contributed by atoms with Crippen LogP contribution in [0.25, 0.3) is 27.9 Å². The topological polar surface area (TPSA) is 124 Å². The maximum atomic E-state index is 12.6. The van der Waals surface area contributed by atoms with E-state index in [4.69, 9.17) is 20.0 Å². The van der Waals surface area contributed by atoms with Crippen molar-refractivity contribution in [2.75, 3.05) is 0 Å². The van der Waals surface area contributed by atoms with Crippen LogP contribution < -0.4 is 0 Å². The third-order valence-electron chi connectivity index (χ3n) is 10.6. The van der Waals surface area contributed by atoms with E-state index in [1.807, 2.05) is 140 Å². The number of carboxylic acids is 2. The first-order valence-electron chi connectivity index (χ1n) is 19.3. The first-order valence-corrected chi connectivity index (χ1v) is 19.3. The highest BCUT2D eigenvalue weighted by molar-refractivity contribution is 6.54. The monoisotopic (exact) mass is 776 g/mol. The highest BCUT2D eigenvalue weighted by Crippen LogP contribution is 2.49. The Morgan fingerprint density at radius 2 is 0.867 bits per heavy atom. The molecule has 0 radical (unpaired) electrons. The first-order chi connectivity index (χ1) is 29.4. The fourth-order valence-electron chi connectivity index (χ4n) is 8.04. The Hall–Kier alpha value is -8.36. The lowest BCUT2D eigenvalue weighted by Crippen LogP contribution is -2.08. The second-order valence-corrected chi connectivity index (χ2v) is 14.5. The number of carbonyl (C=O) groups is 2. The molecule has 5 aliphatic heterocycles. The van der Waals surface area contributed by atoms with Gasteiger partial charge in [0.1, 0.15) is 0 Å². The molecule has 5 heterocycles. The number of carboxylic acid groups (broad SMARTS) is 2. The Bertz CT molecular complexity index is 3050. The van der Waals surface area contributed by atoms with Crippen molar-refractivity contribution in [3.63, 3.8) is 0 Å². The molecule has 8 bridgehead atoms. The molecular weight excluding hydrogens is 745 g/mol. The van der Waals surface area contributed by atoms with E-state index in [1.165, 1.54) is 18.2 Å². The molecule has 5 aromatic carbocycles. The van der Waals surface area contributed by atoms with Gasteiger partial charge in [0.15, 0.2) is 0 Å². The van der Waals surface area contributed by atoms with Gasteiger partial charge in [-0.25, -0.2) is 29.6 Å². The molecular formula is C52H32N4O4. The molecule has 10 rings (SSSR count). The van der Waals surface area contributed by atoms with Crippen molar-refractivity contribution in [2.24, 2.45) is 20.0 Å². The zero-order valence-corrected chi connectivity index (χ0v) is 31.8. The summed E-state index contributed by atoms with van der Waals surface area (Å²) < 4.78 is 0. The van der Waals surface area contributed by atoms with E-state index < -0.39 is 11.9 Å². The van der Waals surface area contributed by atoms with Gasteiger partial charge in [-0.3, -0.25) is 0 Å². The summed E-state index contributed by atoms with van der Waals surface area (Å²) in [6.45, 7) is 0. The molecule has 0 fully saturated rings. The predicted octanol–water partition coefficient (Wildman–Crippen LogP) is 10.6. The number of nitrogens with zero attached hydrogens (tertiary/aromatic N) is 4. The molecule has 8 nitrogen and oxygen atoms in total. The fourth-order valence-corrected chi connectivity index (χ4v) is 8.04. The smallest absolute Gasteiger partial charge is 0.335 e. The molecule has 0 saturated heterocycles. The lowest BCUT2D eigenvalue weighted by molar-refractivity contribution is 0.0696. The van der Waals surface area contributed by atoms with Gasteiger partial charge in [-0.1, -0.05) is 121 Å². The normalized spacial score (nSPS) is 16.6. The maximum absolute atomic E-state index is 12.6. The van der Waals surface area contributed by atoms with Crippen LogP contribution in [0.1, 0.15) is 48.5 Å². The lowest BCUT2D eigenvalue weighted by Gasteiger charge is -2.18. The molecule has 0 aliphatic carbocycles. The Kier molecular flexibility index (Phi) is 8.92. The van der Waals surface area contributed by atoms with Crippen LogP contribution >= 0.6 is 0 Å². The van der Waals surface area contributed by atoms with Gasteiger partial charge >= 0.3 is 11.9 Å². The van der Waals surface area contributed by atoms with Crippen LogP contribution in [0.2, 0.25) is 0 Å². The number of aromatic carboxylic acids is 2. The van der Waals surface area contributed by atoms with Gasteiger partial charge < -0.3 is 10.2 Å². The van der Waals surface area contributed by atoms with Gasteiger partial charge in [0.2, 0.25) is 0 Å². The number of fused-ring (bicyclic) bond motifs is 4. The highest BCUT2D eigenvalue weighted by atomic mass is 16.4. The van der Waals surface area contributed by atoms with E-state index >= 15 is 0 Å². The number of benzene rings is 5. The van der Waals surface area contributed by atoms with E-state index in [0.717, 1.165) is 50.4 Å². The van der Waals surface area contributed by atoms with Crippen molar-refractivity contribution in [3.05, 3.63) is 244 Å². The van der Waals surface area contributed by atoms with E-state index in [2.05, 4.69) is 24.3 Å². The summed E-state index contributed by atoms with van der Waals surface area (Å²) >= 11 is 0. The van der Waals surface area contributed by atoms with Crippen molar-refractivity contribution in [3.8, 4) is 0 Å². The van der Waals surface area contributed by atoms with E-state index in [0.29, 0.717) is 50.9 Å². The van der Waals surface area contributed by atoms with Crippen LogP contribution in [-0.4, -0.2) is 45.0 Å². The Morgan fingerprint density at radius 3 is 1.40 bits per heavy atom. The average Bonchev–Trinajstić information content (AvgIpc) is 4.08. The Morgan fingerprint density at radius 1 is 0.400 bits per heavy atom. The lowest BCUT2D eigenvalue weighted by atomic mass is 9.83. The molecule has 0 aromatic heterocycles. The molecule has 0 amide bonds. The van der Waals surface area contributed by atoms with Gasteiger partial charge in [0.05, 0.1) is 56.8 Å². The third-order valence-corrected chi connectivity index (χ3v) is 10.6. The van der Waals surface area contributed by atoms with Crippen LogP contribution in [0.4, 0.5) is 0 Å². The molecule has 5 aromatic rings. The third kappa shape index (κ3) is 6.58. The SMILES string of the molecule is O=C(O)c1cc(C(=O)O)cc(C2=C(c3ccccc3)C3=NC2=CC2=NC(=CC4=NC(=CC5=NC(=C3c3ccccc3)C(c3ccccc3)=C5c3ccccc3)C=C4)C=C2)c1. The highest BCUT2D eigenvalue weighted by Gasteiger charge is 2.36. The van der Waals surface area contributed by atoms with Gasteiger partial charge in [-0.15, -0.1) is 0 Å². The summed E-state index contributed by atoms with van der Waals surface area (Å²) in [7, 11) is 0. The number of allylic oxidation sites excluding steroid dienone is 12. The second-order valence-electron chi connectivity index (χ2n) is 14.5. The van der Waals surface area contributed by atoms with Gasteiger partial charge in [-0.2, -0.15) is 0 Å². The Balaban J connectivity index is 1.40. The minimum absolute atomic E-state index is 0.162. The van der Waals surface area contributed by atoms with Crippen LogP contribution in [0.3, 0.4) is 0 Å². The molecule has 60 heavy (non-hydrogen) atoms. The number of aliphatic imine (C=N–C) groups is 4. The summed E-state index contributed by atoms with van der Waals surface area (Å²) in [4.78, 5) is 46.2. The molecule has 5 aliphatic rings. The average molecular weight is 777 g/mol. The second kappa shape index (κ2) is 14.9. The number of hydrogen-bond acceptors (Lipinski definition) is 6. The molecule has 0 atom stereocenters. The van der Waals surface area contributed by atoms with Gasteiger partial charge in [-0.05, 0) is 88.5 Å². The van der Waals surface area contributed by atoms with Crippen LogP contribution in [0.5, 0.6) is 0 Å². The van der Waals surface area contributed by atoms with Crippen LogP contribution in [0.15, 0.2) is 225 Å². The molecule has 0 saturated carbocycles. The van der Waals surface area contributed by atoms with E-state index in [9.17, 15) is 19.8 Å². The van der Waals surface area contributed by atoms with Crippen molar-refractivity contribution in [1.29, 1.82) is 0 Å². The first kappa shape index (κ1) is 36.0. The van der Waals surface area contributed by atoms with Crippen molar-refractivity contribution < 1.29 is 19.8 Å². The van der Waals surface area contributed by atoms with Crippen molar-refractivity contribution in [2.45, 2.75) is 0 Å². The van der Waals surface area contributed by atoms with E-state index in [1.54, 1.807) is 0 Å². The quantitative estimate of drug-likeness (QED) is 0.171. The number of hydrogen-bond donors (Lipinski definition) is 2. The summed E-state index contributed by atoms with van der Waals surface area (Å²) in [5.74, 6) is -2.50. The number of rotatable bonds is 7. The summed E-state index contributed by atoms with van der Waals surface area (Å²) in [6, 6.07) is 44.3. The maximum Gasteiger partial charge on any atom is 0.335 e. The molecule has 2 N–H and O–H groups in total. The largest absolute Gasteiger partial charge is 0.478 e. The van der Waals surface area contributed by atoms with E-state index in [-0.39, 0.29) is 11.1 Å². The van der Waals surface area contributed by atoms with Crippen molar-refractivity contribution in [1.82, 2.24) is 0 Å². The molecule has 0 spiro atoms. The van der Waals surface area contributed by atoms with Crippen LogP contribution in [0, 0.1) is 0 Å². The van der Waals surface area contributed by atoms with Crippen molar-refractivity contribution >= 4 is 62.7 Å². The zero-order valence-electron chi connectivity index (χ0n) is 31.8. The standard InChI is InChI=1S/C52H32N4O4/c57-51(58)36-25-35(26-37(27-36)52(59)60)45-43-30-41-24-22-39(54-41)28-38-21-23-40(53-38)29-42-44(31-13-5-1-6-14-31)46(32-15-7-2-8-16-32)49(55-42)48(34-19-11-4-12-20-34)50(56-43)47(45)33-17-9-3-10-18-33/h1-30H,(H,57,58)(H,59,60). The minimum atomic E-state index is -1.25. The predicted molar refractivity (Wildman–Crippen MR) is 239 cm³/mol. The summed E-state index contributed by atoms with van der Waals surface area (Å²) in [5, 5.41) is 20.5. The summed E-state index contributed by atoms with van der Waals surface area (Å²) in [6.07, 6.45) is 13.5. The zero-order chi connectivity index (χ0) is 40.7. The van der Waals surface area contributed by atoms with Gasteiger partial charge in [0.25, 0.3) is 0 Å². The van der Waals surface area contributed by atoms with Crippen LogP contribution in [-0.2, 0) is 0 Å². The molecule has 8 heteroatoms.